The topological polar surface area (TPSA) is 64.7 Å². The average molecular weight is 390 g/mol. The molecule has 154 valence electrons. The number of morpholine rings is 1. The Hall–Kier alpha value is -2.12. The molecule has 1 aromatic heterocycles. The van der Waals surface area contributed by atoms with Crippen molar-refractivity contribution >= 4 is 16.9 Å². The van der Waals surface area contributed by atoms with Crippen LogP contribution in [0.4, 0.5) is 4.39 Å². The molecule has 1 aromatic carbocycles. The summed E-state index contributed by atoms with van der Waals surface area (Å²) < 4.78 is 18.9. The minimum Gasteiger partial charge on any atom is -0.379 e. The third-order valence-corrected chi connectivity index (χ3v) is 5.26. The molecule has 0 saturated carbocycles. The highest BCUT2D eigenvalue weighted by molar-refractivity contribution is 5.83. The van der Waals surface area contributed by atoms with E-state index in [9.17, 15) is 4.39 Å². The van der Waals surface area contributed by atoms with Gasteiger partial charge in [0.2, 0.25) is 0 Å². The van der Waals surface area contributed by atoms with Crippen LogP contribution in [0.1, 0.15) is 26.3 Å². The Kier molecular flexibility index (Phi) is 7.28. The Morgan fingerprint density at radius 1 is 1.43 bits per heavy atom. The maximum Gasteiger partial charge on any atom is 0.191 e. The van der Waals surface area contributed by atoms with Crippen molar-refractivity contribution in [3.05, 3.63) is 35.8 Å². The number of aromatic nitrogens is 1. The minimum absolute atomic E-state index is 0.218. The summed E-state index contributed by atoms with van der Waals surface area (Å²) in [6.45, 7) is 11.4. The fourth-order valence-corrected chi connectivity index (χ4v) is 3.75. The molecule has 7 heteroatoms. The van der Waals surface area contributed by atoms with Gasteiger partial charge in [0.15, 0.2) is 5.96 Å². The van der Waals surface area contributed by atoms with Crippen LogP contribution in [0.5, 0.6) is 0 Å². The number of H-pyrrole nitrogens is 1. The first kappa shape index (κ1) is 20.6. The second-order valence-corrected chi connectivity index (χ2v) is 7.41. The molecular formula is C21H32FN5O. The standard InChI is InChI=1S/C21H32FN5O/c1-4-23-21(26-12-15(2)27-9-10-28-14-16(27)3)24-8-7-17-13-25-20-11-18(22)5-6-19(17)20/h5-6,11,13,15-16,25H,4,7-10,12,14H2,1-3H3,(H2,23,24,26). The van der Waals surface area contributed by atoms with Crippen LogP contribution in [0, 0.1) is 5.82 Å². The summed E-state index contributed by atoms with van der Waals surface area (Å²) in [5.41, 5.74) is 2.01. The summed E-state index contributed by atoms with van der Waals surface area (Å²) in [4.78, 5) is 10.4. The molecule has 3 rings (SSSR count). The number of halogens is 1. The lowest BCUT2D eigenvalue weighted by molar-refractivity contribution is -0.0165. The number of benzene rings is 1. The van der Waals surface area contributed by atoms with Gasteiger partial charge in [-0.1, -0.05) is 0 Å². The van der Waals surface area contributed by atoms with E-state index in [4.69, 9.17) is 9.73 Å². The molecule has 28 heavy (non-hydrogen) atoms. The fraction of sp³-hybridized carbons (Fsp3) is 0.571. The SMILES string of the molecule is CCNC(=NCC(C)N1CCOCC1C)NCCc1c[nH]c2cc(F)ccc12. The maximum atomic E-state index is 13.3. The van der Waals surface area contributed by atoms with Gasteiger partial charge in [-0.05, 0) is 51.0 Å². The number of hydrogen-bond donors (Lipinski definition) is 3. The number of rotatable bonds is 7. The molecule has 1 aliphatic heterocycles. The predicted octanol–water partition coefficient (Wildman–Crippen LogP) is 2.51. The molecule has 0 radical (unpaired) electrons. The second kappa shape index (κ2) is 9.89. The molecule has 2 unspecified atom stereocenters. The molecular weight excluding hydrogens is 357 g/mol. The van der Waals surface area contributed by atoms with Crippen LogP contribution < -0.4 is 10.6 Å². The van der Waals surface area contributed by atoms with Crippen molar-refractivity contribution in [2.45, 2.75) is 39.3 Å². The number of nitrogens with one attached hydrogen (secondary N) is 3. The van der Waals surface area contributed by atoms with E-state index < -0.39 is 0 Å². The van der Waals surface area contributed by atoms with E-state index in [1.54, 1.807) is 0 Å². The van der Waals surface area contributed by atoms with E-state index in [1.165, 1.54) is 17.7 Å². The second-order valence-electron chi connectivity index (χ2n) is 7.41. The number of ether oxygens (including phenoxy) is 1. The number of nitrogens with zero attached hydrogens (tertiary/aromatic N) is 2. The lowest BCUT2D eigenvalue weighted by Crippen LogP contribution is -2.49. The Morgan fingerprint density at radius 3 is 3.07 bits per heavy atom. The van der Waals surface area contributed by atoms with Crippen molar-refractivity contribution in [3.8, 4) is 0 Å². The van der Waals surface area contributed by atoms with Crippen molar-refractivity contribution < 1.29 is 9.13 Å². The number of aromatic amines is 1. The number of hydrogen-bond acceptors (Lipinski definition) is 3. The van der Waals surface area contributed by atoms with E-state index in [0.717, 1.165) is 62.7 Å². The van der Waals surface area contributed by atoms with Gasteiger partial charge in [-0.15, -0.1) is 0 Å². The number of fused-ring (bicyclic) bond motifs is 1. The summed E-state index contributed by atoms with van der Waals surface area (Å²) in [5.74, 6) is 0.616. The minimum atomic E-state index is -0.218. The van der Waals surface area contributed by atoms with Crippen LogP contribution in [-0.4, -0.2) is 67.3 Å². The van der Waals surface area contributed by atoms with E-state index in [-0.39, 0.29) is 5.82 Å². The molecule has 6 nitrogen and oxygen atoms in total. The van der Waals surface area contributed by atoms with Gasteiger partial charge >= 0.3 is 0 Å². The van der Waals surface area contributed by atoms with Crippen molar-refractivity contribution in [2.75, 3.05) is 39.4 Å². The number of guanidine groups is 1. The monoisotopic (exact) mass is 389 g/mol. The normalized spacial score (nSPS) is 19.7. The Bertz CT molecular complexity index is 790. The third kappa shape index (κ3) is 5.23. The summed E-state index contributed by atoms with van der Waals surface area (Å²) in [7, 11) is 0. The highest BCUT2D eigenvalue weighted by Crippen LogP contribution is 2.19. The van der Waals surface area contributed by atoms with Crippen LogP contribution in [0.25, 0.3) is 10.9 Å². The Morgan fingerprint density at radius 2 is 2.29 bits per heavy atom. The molecule has 1 fully saturated rings. The Balaban J connectivity index is 1.54. The summed E-state index contributed by atoms with van der Waals surface area (Å²) >= 11 is 0. The molecule has 0 spiro atoms. The lowest BCUT2D eigenvalue weighted by atomic mass is 10.1. The molecule has 1 aliphatic rings. The first-order valence-corrected chi connectivity index (χ1v) is 10.2. The zero-order chi connectivity index (χ0) is 19.9. The summed E-state index contributed by atoms with van der Waals surface area (Å²) in [5, 5.41) is 7.80. The van der Waals surface area contributed by atoms with E-state index in [2.05, 4.69) is 41.3 Å². The van der Waals surface area contributed by atoms with Crippen LogP contribution >= 0.6 is 0 Å². The van der Waals surface area contributed by atoms with Gasteiger partial charge in [0, 0.05) is 48.8 Å². The molecule has 3 N–H and O–H groups in total. The van der Waals surface area contributed by atoms with Crippen LogP contribution in [0.2, 0.25) is 0 Å². The van der Waals surface area contributed by atoms with Gasteiger partial charge in [0.25, 0.3) is 0 Å². The van der Waals surface area contributed by atoms with Gasteiger partial charge in [-0.2, -0.15) is 0 Å². The highest BCUT2D eigenvalue weighted by atomic mass is 19.1. The fourth-order valence-electron chi connectivity index (χ4n) is 3.75. The predicted molar refractivity (Wildman–Crippen MR) is 112 cm³/mol. The van der Waals surface area contributed by atoms with Crippen LogP contribution in [-0.2, 0) is 11.2 Å². The molecule has 0 bridgehead atoms. The highest BCUT2D eigenvalue weighted by Gasteiger charge is 2.23. The molecule has 2 atom stereocenters. The van der Waals surface area contributed by atoms with E-state index in [0.29, 0.717) is 12.1 Å². The molecule has 2 aromatic rings. The van der Waals surface area contributed by atoms with Gasteiger partial charge in [0.05, 0.1) is 19.8 Å². The maximum absolute atomic E-state index is 13.3. The zero-order valence-electron chi connectivity index (χ0n) is 17.1. The van der Waals surface area contributed by atoms with Crippen LogP contribution in [0.15, 0.2) is 29.4 Å². The zero-order valence-corrected chi connectivity index (χ0v) is 17.1. The first-order chi connectivity index (χ1) is 13.6. The van der Waals surface area contributed by atoms with Crippen molar-refractivity contribution in [3.63, 3.8) is 0 Å². The van der Waals surface area contributed by atoms with Gasteiger partial charge < -0.3 is 20.4 Å². The van der Waals surface area contributed by atoms with Crippen molar-refractivity contribution in [1.82, 2.24) is 20.5 Å². The van der Waals surface area contributed by atoms with Gasteiger partial charge in [0.1, 0.15) is 5.82 Å². The molecule has 1 saturated heterocycles. The summed E-state index contributed by atoms with van der Waals surface area (Å²) in [6, 6.07) is 5.68. The average Bonchev–Trinajstić information content (AvgIpc) is 3.08. The number of aliphatic imine (C=N–C) groups is 1. The van der Waals surface area contributed by atoms with Crippen LogP contribution in [0.3, 0.4) is 0 Å². The quantitative estimate of drug-likeness (QED) is 0.503. The molecule has 0 amide bonds. The molecule has 0 aliphatic carbocycles. The molecule has 2 heterocycles. The Labute approximate surface area is 166 Å². The first-order valence-electron chi connectivity index (χ1n) is 10.2. The largest absolute Gasteiger partial charge is 0.379 e. The summed E-state index contributed by atoms with van der Waals surface area (Å²) in [6.07, 6.45) is 2.80. The van der Waals surface area contributed by atoms with E-state index >= 15 is 0 Å². The lowest BCUT2D eigenvalue weighted by Gasteiger charge is -2.37. The van der Waals surface area contributed by atoms with Gasteiger partial charge in [-0.3, -0.25) is 9.89 Å². The third-order valence-electron chi connectivity index (χ3n) is 5.26. The van der Waals surface area contributed by atoms with Crippen molar-refractivity contribution in [1.29, 1.82) is 0 Å². The smallest absolute Gasteiger partial charge is 0.191 e. The van der Waals surface area contributed by atoms with E-state index in [1.807, 2.05) is 12.3 Å². The van der Waals surface area contributed by atoms with Crippen molar-refractivity contribution in [2.24, 2.45) is 4.99 Å². The van der Waals surface area contributed by atoms with Gasteiger partial charge in [-0.25, -0.2) is 4.39 Å².